The van der Waals surface area contributed by atoms with Crippen molar-refractivity contribution >= 4 is 15.7 Å². The van der Waals surface area contributed by atoms with Crippen molar-refractivity contribution < 1.29 is 8.42 Å². The van der Waals surface area contributed by atoms with Gasteiger partial charge in [0.05, 0.1) is 4.90 Å². The predicted octanol–water partition coefficient (Wildman–Crippen LogP) is 4.42. The summed E-state index contributed by atoms with van der Waals surface area (Å²) in [6.07, 6.45) is 0. The number of nitrogens with zero attached hydrogens (tertiary/aromatic N) is 1. The van der Waals surface area contributed by atoms with E-state index in [0.29, 0.717) is 11.3 Å². The van der Waals surface area contributed by atoms with Gasteiger partial charge in [0.2, 0.25) is 0 Å². The average Bonchev–Trinajstić information content (AvgIpc) is 2.63. The first-order chi connectivity index (χ1) is 12.1. The molecule has 0 aliphatic carbocycles. The van der Waals surface area contributed by atoms with Crippen LogP contribution in [0.15, 0.2) is 88.9 Å². The maximum Gasteiger partial charge on any atom is 0.261 e. The van der Waals surface area contributed by atoms with Crippen molar-refractivity contribution in [3.05, 3.63) is 89.3 Å². The van der Waals surface area contributed by atoms with Gasteiger partial charge in [-0.1, -0.05) is 59.8 Å². The first-order valence-corrected chi connectivity index (χ1v) is 9.13. The molecule has 0 saturated carbocycles. The van der Waals surface area contributed by atoms with Crippen molar-refractivity contribution in [3.8, 4) is 11.1 Å². The van der Waals surface area contributed by atoms with Crippen LogP contribution in [0.1, 0.15) is 5.56 Å². The number of nitroso groups, excluding NO2 is 1. The normalized spacial score (nSPS) is 11.0. The second-order valence-corrected chi connectivity index (χ2v) is 7.17. The van der Waals surface area contributed by atoms with Gasteiger partial charge >= 0.3 is 0 Å². The van der Waals surface area contributed by atoms with Crippen LogP contribution in [-0.4, -0.2) is 8.42 Å². The van der Waals surface area contributed by atoms with E-state index in [4.69, 9.17) is 0 Å². The Morgan fingerprint density at radius 2 is 1.48 bits per heavy atom. The van der Waals surface area contributed by atoms with Gasteiger partial charge in [-0.15, -0.1) is 0 Å². The Balaban J connectivity index is 1.83. The summed E-state index contributed by atoms with van der Waals surface area (Å²) in [5.74, 6) is 0. The molecule has 0 aromatic heterocycles. The molecule has 0 bridgehead atoms. The van der Waals surface area contributed by atoms with Gasteiger partial charge in [0, 0.05) is 5.69 Å². The van der Waals surface area contributed by atoms with Crippen LogP contribution in [0.25, 0.3) is 11.1 Å². The predicted molar refractivity (Wildman–Crippen MR) is 98.6 cm³/mol. The van der Waals surface area contributed by atoms with Crippen LogP contribution in [0.4, 0.5) is 5.69 Å². The molecule has 0 aliphatic heterocycles. The highest BCUT2D eigenvalue weighted by Crippen LogP contribution is 2.22. The highest BCUT2D eigenvalue weighted by atomic mass is 32.2. The number of sulfonamides is 1. The Morgan fingerprint density at radius 1 is 0.800 bits per heavy atom. The lowest BCUT2D eigenvalue weighted by Crippen LogP contribution is -2.13. The van der Waals surface area contributed by atoms with Crippen LogP contribution >= 0.6 is 0 Å². The Morgan fingerprint density at radius 3 is 2.16 bits per heavy atom. The lowest BCUT2D eigenvalue weighted by atomic mass is 10.1. The summed E-state index contributed by atoms with van der Waals surface area (Å²) in [5.41, 5.74) is 3.01. The summed E-state index contributed by atoms with van der Waals surface area (Å²) in [6, 6.07) is 23.0. The van der Waals surface area contributed by atoms with Gasteiger partial charge in [-0.25, -0.2) is 8.42 Å². The van der Waals surface area contributed by atoms with E-state index in [-0.39, 0.29) is 11.4 Å². The van der Waals surface area contributed by atoms with Crippen molar-refractivity contribution in [2.45, 2.75) is 11.4 Å². The molecule has 0 aliphatic rings. The first-order valence-electron chi connectivity index (χ1n) is 7.65. The summed E-state index contributed by atoms with van der Waals surface area (Å²) >= 11 is 0. The van der Waals surface area contributed by atoms with Crippen molar-refractivity contribution in [3.63, 3.8) is 0 Å². The number of anilines is 1. The van der Waals surface area contributed by atoms with E-state index in [0.717, 1.165) is 11.1 Å². The summed E-state index contributed by atoms with van der Waals surface area (Å²) in [6.45, 7) is 0.00133. The lowest BCUT2D eigenvalue weighted by Gasteiger charge is -2.10. The van der Waals surface area contributed by atoms with Gasteiger partial charge in [-0.3, -0.25) is 4.72 Å². The molecule has 0 spiro atoms. The molecule has 25 heavy (non-hydrogen) atoms. The number of hydrogen-bond acceptors (Lipinski definition) is 4. The second kappa shape index (κ2) is 7.27. The zero-order valence-electron chi connectivity index (χ0n) is 13.3. The number of hydrogen-bond donors (Lipinski definition) is 1. The van der Waals surface area contributed by atoms with Gasteiger partial charge in [0.25, 0.3) is 10.0 Å². The second-order valence-electron chi connectivity index (χ2n) is 5.48. The SMILES string of the molecule is O=NCc1cccc(NS(=O)(=O)c2ccc(-c3ccccc3)cc2)c1. The van der Waals surface area contributed by atoms with E-state index < -0.39 is 10.0 Å². The summed E-state index contributed by atoms with van der Waals surface area (Å²) in [7, 11) is -3.70. The fraction of sp³-hybridized carbons (Fsp3) is 0.0526. The molecule has 3 aromatic rings. The quantitative estimate of drug-likeness (QED) is 0.667. The molecule has 0 saturated heterocycles. The van der Waals surface area contributed by atoms with Gasteiger partial charge in [-0.05, 0) is 41.0 Å². The Kier molecular flexibility index (Phi) is 4.90. The van der Waals surface area contributed by atoms with E-state index in [1.165, 1.54) is 0 Å². The first kappa shape index (κ1) is 16.9. The minimum atomic E-state index is -3.70. The maximum atomic E-state index is 12.5. The minimum Gasteiger partial charge on any atom is -0.280 e. The lowest BCUT2D eigenvalue weighted by molar-refractivity contribution is 0.601. The fourth-order valence-electron chi connectivity index (χ4n) is 2.48. The van der Waals surface area contributed by atoms with Crippen LogP contribution in [-0.2, 0) is 16.6 Å². The third-order valence-corrected chi connectivity index (χ3v) is 5.10. The van der Waals surface area contributed by atoms with Crippen molar-refractivity contribution in [1.82, 2.24) is 0 Å². The Hall–Kier alpha value is -2.99. The zero-order valence-corrected chi connectivity index (χ0v) is 14.1. The molecule has 0 radical (unpaired) electrons. The third-order valence-electron chi connectivity index (χ3n) is 3.70. The molecular weight excluding hydrogens is 336 g/mol. The van der Waals surface area contributed by atoms with E-state index in [1.54, 1.807) is 48.5 Å². The molecule has 0 atom stereocenters. The minimum absolute atomic E-state index is 0.00133. The molecule has 0 heterocycles. The van der Waals surface area contributed by atoms with E-state index >= 15 is 0 Å². The molecule has 3 rings (SSSR count). The third kappa shape index (κ3) is 4.10. The molecular formula is C19H16N2O3S. The molecule has 5 nitrogen and oxygen atoms in total. The standard InChI is InChI=1S/C19H16N2O3S/c22-20-14-15-5-4-8-18(13-15)21-25(23,24)19-11-9-17(10-12-19)16-6-2-1-3-7-16/h1-13,21H,14H2. The van der Waals surface area contributed by atoms with Crippen molar-refractivity contribution in [1.29, 1.82) is 0 Å². The zero-order chi connectivity index (χ0) is 17.7. The monoisotopic (exact) mass is 352 g/mol. The van der Waals surface area contributed by atoms with E-state index in [9.17, 15) is 13.3 Å². The number of benzene rings is 3. The number of nitrogens with one attached hydrogen (secondary N) is 1. The average molecular weight is 352 g/mol. The van der Waals surface area contributed by atoms with Gasteiger partial charge in [0.1, 0.15) is 6.54 Å². The van der Waals surface area contributed by atoms with Gasteiger partial charge < -0.3 is 0 Å². The van der Waals surface area contributed by atoms with Crippen LogP contribution in [0, 0.1) is 4.91 Å². The smallest absolute Gasteiger partial charge is 0.261 e. The fourth-order valence-corrected chi connectivity index (χ4v) is 3.53. The number of rotatable bonds is 6. The molecule has 0 fully saturated rings. The molecule has 0 unspecified atom stereocenters. The Labute approximate surface area is 146 Å². The highest BCUT2D eigenvalue weighted by Gasteiger charge is 2.14. The van der Waals surface area contributed by atoms with Crippen LogP contribution in [0.3, 0.4) is 0 Å². The summed E-state index contributed by atoms with van der Waals surface area (Å²) in [5, 5.41) is 2.81. The highest BCUT2D eigenvalue weighted by molar-refractivity contribution is 7.92. The molecule has 0 amide bonds. The molecule has 3 aromatic carbocycles. The van der Waals surface area contributed by atoms with Crippen LogP contribution < -0.4 is 4.72 Å². The van der Waals surface area contributed by atoms with E-state index in [1.807, 2.05) is 30.3 Å². The summed E-state index contributed by atoms with van der Waals surface area (Å²) < 4.78 is 27.6. The van der Waals surface area contributed by atoms with Crippen molar-refractivity contribution in [2.24, 2.45) is 5.18 Å². The van der Waals surface area contributed by atoms with Crippen LogP contribution in [0.5, 0.6) is 0 Å². The molecule has 1 N–H and O–H groups in total. The Bertz CT molecular complexity index is 969. The van der Waals surface area contributed by atoms with Crippen molar-refractivity contribution in [2.75, 3.05) is 4.72 Å². The van der Waals surface area contributed by atoms with Crippen LogP contribution in [0.2, 0.25) is 0 Å². The maximum absolute atomic E-state index is 12.5. The topological polar surface area (TPSA) is 75.6 Å². The summed E-state index contributed by atoms with van der Waals surface area (Å²) in [4.78, 5) is 10.5. The molecule has 126 valence electrons. The molecule has 6 heteroatoms. The van der Waals surface area contributed by atoms with E-state index in [2.05, 4.69) is 9.90 Å². The van der Waals surface area contributed by atoms with Gasteiger partial charge in [0.15, 0.2) is 0 Å². The largest absolute Gasteiger partial charge is 0.280 e. The van der Waals surface area contributed by atoms with Gasteiger partial charge in [-0.2, -0.15) is 4.91 Å².